The number of carbonyl (C=O) groups is 2. The molecule has 0 spiro atoms. The lowest BCUT2D eigenvalue weighted by Crippen LogP contribution is -2.11. The fourth-order valence-corrected chi connectivity index (χ4v) is 6.11. The predicted octanol–water partition coefficient (Wildman–Crippen LogP) is 10.9. The van der Waals surface area contributed by atoms with Crippen LogP contribution in [0, 0.1) is 5.92 Å². The van der Waals surface area contributed by atoms with Gasteiger partial charge in [-0.1, -0.05) is 168 Å². The van der Waals surface area contributed by atoms with E-state index in [-0.39, 0.29) is 17.4 Å². The Kier molecular flexibility index (Phi) is 18.0. The van der Waals surface area contributed by atoms with Gasteiger partial charge in [-0.3, -0.25) is 0 Å². The Hall–Kier alpha value is -2.06. The highest BCUT2D eigenvalue weighted by Gasteiger charge is 2.63. The van der Waals surface area contributed by atoms with E-state index < -0.39 is 17.7 Å². The average Bonchev–Trinajstić information content (AvgIpc) is 3.91. The summed E-state index contributed by atoms with van der Waals surface area (Å²) in [7, 11) is 0. The molecule has 0 aromatic heterocycles. The van der Waals surface area contributed by atoms with Gasteiger partial charge in [-0.15, -0.1) is 0 Å². The second-order valence-electron chi connectivity index (χ2n) is 13.4. The zero-order valence-corrected chi connectivity index (χ0v) is 28.7. The fourth-order valence-electron chi connectivity index (χ4n) is 6.11. The molecule has 0 saturated carbocycles. The monoisotopic (exact) mass is 634 g/mol. The van der Waals surface area contributed by atoms with Gasteiger partial charge >= 0.3 is 11.9 Å². The van der Waals surface area contributed by atoms with Crippen LogP contribution in [0.25, 0.3) is 0 Å². The zero-order chi connectivity index (χ0) is 32.2. The number of ether oxygens (including phenoxy) is 2. The van der Waals surface area contributed by atoms with E-state index in [0.717, 1.165) is 25.7 Å². The first-order valence-corrected chi connectivity index (χ1v) is 18.7. The molecular formula is C37H62O8. The summed E-state index contributed by atoms with van der Waals surface area (Å²) in [6.07, 6.45) is 32.4. The summed E-state index contributed by atoms with van der Waals surface area (Å²) in [5.41, 5.74) is 0. The Morgan fingerprint density at radius 2 is 0.956 bits per heavy atom. The van der Waals surface area contributed by atoms with Gasteiger partial charge in [0, 0.05) is 12.3 Å². The molecule has 0 N–H and O–H groups in total. The second-order valence-corrected chi connectivity index (χ2v) is 13.4. The zero-order valence-electron chi connectivity index (χ0n) is 28.7. The van der Waals surface area contributed by atoms with Gasteiger partial charge in [-0.25, -0.2) is 19.4 Å². The lowest BCUT2D eigenvalue weighted by molar-refractivity contribution is -0.253. The van der Waals surface area contributed by atoms with Gasteiger partial charge in [0.25, 0.3) is 17.3 Å². The highest BCUT2D eigenvalue weighted by Crippen LogP contribution is 2.51. The van der Waals surface area contributed by atoms with Crippen LogP contribution < -0.4 is 0 Å². The molecule has 1 unspecified atom stereocenters. The molecule has 1 saturated heterocycles. The van der Waals surface area contributed by atoms with Crippen molar-refractivity contribution in [1.29, 1.82) is 0 Å². The van der Waals surface area contributed by atoms with E-state index in [9.17, 15) is 9.59 Å². The van der Waals surface area contributed by atoms with E-state index in [4.69, 9.17) is 29.0 Å². The molecule has 3 aliphatic heterocycles. The van der Waals surface area contributed by atoms with Gasteiger partial charge in [0.15, 0.2) is 5.76 Å². The fraction of sp³-hybridized carbons (Fsp3) is 0.838. The molecular weight excluding hydrogens is 572 g/mol. The summed E-state index contributed by atoms with van der Waals surface area (Å²) in [6, 6.07) is 0. The van der Waals surface area contributed by atoms with Crippen LogP contribution in [0.15, 0.2) is 23.0 Å². The van der Waals surface area contributed by atoms with Crippen molar-refractivity contribution in [1.82, 2.24) is 0 Å². The third kappa shape index (κ3) is 14.9. The maximum Gasteiger partial charge on any atom is 0.424 e. The predicted molar refractivity (Wildman–Crippen MR) is 174 cm³/mol. The minimum atomic E-state index is -0.991. The molecule has 8 heteroatoms. The Morgan fingerprint density at radius 1 is 0.556 bits per heavy atom. The molecule has 8 nitrogen and oxygen atoms in total. The largest absolute Gasteiger partial charge is 0.446 e. The number of rotatable bonds is 30. The van der Waals surface area contributed by atoms with Gasteiger partial charge < -0.3 is 9.47 Å². The van der Waals surface area contributed by atoms with Crippen molar-refractivity contribution in [2.24, 2.45) is 5.92 Å². The van der Waals surface area contributed by atoms with Crippen LogP contribution in [0.5, 0.6) is 0 Å². The Balaban J connectivity index is 1.17. The van der Waals surface area contributed by atoms with Crippen molar-refractivity contribution in [3.8, 4) is 0 Å². The van der Waals surface area contributed by atoms with Crippen LogP contribution in [-0.2, 0) is 38.6 Å². The maximum absolute atomic E-state index is 12.3. The Morgan fingerprint density at radius 3 is 1.40 bits per heavy atom. The minimum Gasteiger partial charge on any atom is -0.446 e. The molecule has 0 bridgehead atoms. The number of hydrogen-bond acceptors (Lipinski definition) is 8. The number of carbonyl (C=O) groups excluding carboxylic acids is 2. The van der Waals surface area contributed by atoms with Gasteiger partial charge in [-0.05, 0) is 12.8 Å². The van der Waals surface area contributed by atoms with E-state index in [0.29, 0.717) is 17.9 Å². The summed E-state index contributed by atoms with van der Waals surface area (Å²) in [5, 5.41) is 0. The number of allylic oxidation sites excluding steroid dienone is 1. The third-order valence-electron chi connectivity index (χ3n) is 9.25. The molecule has 1 atom stereocenters. The van der Waals surface area contributed by atoms with Crippen molar-refractivity contribution >= 4 is 11.9 Å². The molecule has 45 heavy (non-hydrogen) atoms. The summed E-state index contributed by atoms with van der Waals surface area (Å²) in [4.78, 5) is 44.4. The molecule has 258 valence electrons. The minimum absolute atomic E-state index is 0.0227. The van der Waals surface area contributed by atoms with Crippen molar-refractivity contribution in [2.75, 3.05) is 0 Å². The molecule has 3 rings (SSSR count). The first kappa shape index (κ1) is 37.4. The maximum atomic E-state index is 12.3. The van der Waals surface area contributed by atoms with Gasteiger partial charge in [-0.2, -0.15) is 9.78 Å². The average molecular weight is 635 g/mol. The van der Waals surface area contributed by atoms with Crippen LogP contribution in [0.1, 0.15) is 188 Å². The van der Waals surface area contributed by atoms with E-state index in [1.165, 1.54) is 135 Å². The van der Waals surface area contributed by atoms with Crippen LogP contribution >= 0.6 is 0 Å². The molecule has 0 aliphatic carbocycles. The van der Waals surface area contributed by atoms with Crippen LogP contribution in [0.4, 0.5) is 0 Å². The van der Waals surface area contributed by atoms with E-state index in [1.54, 1.807) is 0 Å². The van der Waals surface area contributed by atoms with Gasteiger partial charge in [0.05, 0.1) is 0 Å². The quantitative estimate of drug-likeness (QED) is 0.0333. The number of unbranched alkanes of at least 4 members (excludes halogenated alkanes) is 22. The summed E-state index contributed by atoms with van der Waals surface area (Å²) < 4.78 is 10.7. The molecule has 0 aromatic carbocycles. The molecule has 1 fully saturated rings. The van der Waals surface area contributed by atoms with E-state index >= 15 is 0 Å². The van der Waals surface area contributed by atoms with Crippen molar-refractivity contribution in [2.45, 2.75) is 193 Å². The lowest BCUT2D eigenvalue weighted by Gasteiger charge is -2.05. The molecule has 0 radical (unpaired) electrons. The van der Waals surface area contributed by atoms with Gasteiger partial charge in [0.1, 0.15) is 0 Å². The highest BCUT2D eigenvalue weighted by molar-refractivity contribution is 5.93. The third-order valence-corrected chi connectivity index (χ3v) is 9.25. The van der Waals surface area contributed by atoms with Crippen LogP contribution in [0.2, 0.25) is 0 Å². The summed E-state index contributed by atoms with van der Waals surface area (Å²) >= 11 is 0. The SMILES string of the molecule is CCCCCCCCCCCCCCC(C)C1=C(C(=O)OOC(=O)C2=C(C3(CCCCCCCCCCCCCC)OO3)O2)O1. The normalized spacial score (nSPS) is 16.7. The van der Waals surface area contributed by atoms with Gasteiger partial charge in [0.2, 0.25) is 5.76 Å². The summed E-state index contributed by atoms with van der Waals surface area (Å²) in [6.45, 7) is 6.56. The molecule has 3 aliphatic rings. The van der Waals surface area contributed by atoms with E-state index in [1.807, 2.05) is 6.92 Å². The first-order chi connectivity index (χ1) is 22.0. The molecule has 3 heterocycles. The Bertz CT molecular complexity index is 935. The lowest BCUT2D eigenvalue weighted by atomic mass is 10.0. The molecule has 0 amide bonds. The summed E-state index contributed by atoms with van der Waals surface area (Å²) in [5.74, 6) is -1.48. The Labute approximate surface area is 272 Å². The second kappa shape index (κ2) is 21.7. The van der Waals surface area contributed by atoms with Crippen LogP contribution in [0.3, 0.4) is 0 Å². The smallest absolute Gasteiger partial charge is 0.424 e. The van der Waals surface area contributed by atoms with Crippen LogP contribution in [-0.4, -0.2) is 17.7 Å². The van der Waals surface area contributed by atoms with Crippen molar-refractivity contribution < 1.29 is 38.6 Å². The topological polar surface area (TPSA) is 103 Å². The standard InChI is InChI=1S/C37H62O8/c1-4-6-8-10-12-14-16-18-20-22-24-26-28-30(3)31-32(40-31)35(38)42-43-36(39)33-34(41-33)37(44-45-37)29-27-25-23-21-19-17-15-13-11-9-7-5-2/h30H,4-29H2,1-3H3. The van der Waals surface area contributed by atoms with Crippen molar-refractivity contribution in [3.05, 3.63) is 23.0 Å². The number of hydrogen-bond donors (Lipinski definition) is 0. The van der Waals surface area contributed by atoms with Crippen molar-refractivity contribution in [3.63, 3.8) is 0 Å². The van der Waals surface area contributed by atoms with E-state index in [2.05, 4.69) is 13.8 Å². The highest BCUT2D eigenvalue weighted by atomic mass is 17.4. The molecule has 0 aromatic rings. The first-order valence-electron chi connectivity index (χ1n) is 18.7.